The molecule has 2 N–H and O–H groups in total. The normalized spacial score (nSPS) is 12.5. The number of hydrogen-bond acceptors (Lipinski definition) is 8. The van der Waals surface area contributed by atoms with E-state index in [4.69, 9.17) is 4.74 Å². The molecule has 3 heterocycles. The zero-order valence-corrected chi connectivity index (χ0v) is 25.5. The fourth-order valence-electron chi connectivity index (χ4n) is 5.29. The van der Waals surface area contributed by atoms with Crippen molar-refractivity contribution in [2.75, 3.05) is 7.11 Å². The van der Waals surface area contributed by atoms with E-state index in [1.54, 1.807) is 30.3 Å². The van der Waals surface area contributed by atoms with Crippen molar-refractivity contribution in [3.05, 3.63) is 126 Å². The molecule has 248 valence electrons. The van der Waals surface area contributed by atoms with Gasteiger partial charge in [0.15, 0.2) is 5.82 Å². The Bertz CT molecular complexity index is 2300. The third kappa shape index (κ3) is 6.44. The van der Waals surface area contributed by atoms with E-state index in [1.807, 2.05) is 0 Å². The minimum absolute atomic E-state index is 0.0147. The molecule has 0 aliphatic heterocycles. The topological polar surface area (TPSA) is 132 Å². The van der Waals surface area contributed by atoms with Crippen LogP contribution < -0.4 is 21.7 Å². The SMILES string of the molecule is COc1ccc(C(O)Cn2c(=O)c3cc(CC(F)(F)F)sc3n(Cc3c(F)cc(-c4ccccc4-c4noc(=O)[nH]4)cc3F)c2=O)cc1. The molecule has 0 saturated carbocycles. The number of nitrogens with zero attached hydrogens (tertiary/aromatic N) is 3. The molecule has 0 spiro atoms. The maximum atomic E-state index is 15.7. The van der Waals surface area contributed by atoms with E-state index in [-0.39, 0.29) is 32.0 Å². The molecule has 0 aliphatic carbocycles. The lowest BCUT2D eigenvalue weighted by atomic mass is 9.97. The van der Waals surface area contributed by atoms with Gasteiger partial charge in [0, 0.05) is 16.0 Å². The summed E-state index contributed by atoms with van der Waals surface area (Å²) in [6.07, 6.45) is -7.45. The Kier molecular flexibility index (Phi) is 8.61. The molecule has 1 atom stereocenters. The molecule has 3 aromatic carbocycles. The highest BCUT2D eigenvalue weighted by atomic mass is 32.1. The molecule has 16 heteroatoms. The van der Waals surface area contributed by atoms with Gasteiger partial charge in [0.1, 0.15) is 22.2 Å². The predicted molar refractivity (Wildman–Crippen MR) is 165 cm³/mol. The molecule has 0 amide bonds. The zero-order valence-electron chi connectivity index (χ0n) is 24.7. The summed E-state index contributed by atoms with van der Waals surface area (Å²) < 4.78 is 82.5. The predicted octanol–water partition coefficient (Wildman–Crippen LogP) is 5.41. The lowest BCUT2D eigenvalue weighted by Crippen LogP contribution is -2.41. The standard InChI is InChI=1S/C32H23F5N4O6S/c1-46-18-8-6-16(7-9-18)26(42)15-40-28(43)22-12-19(13-32(35,36)37)48-29(22)41(31(40)45)14-23-24(33)10-17(11-25(23)34)20-4-2-3-5-21(20)27-38-30(44)47-39-27/h2-12,26,42H,13-15H2,1H3,(H,38,39,44). The number of aliphatic hydroxyl groups is 1. The number of fused-ring (bicyclic) bond motifs is 1. The average Bonchev–Trinajstić information content (AvgIpc) is 3.67. The number of H-pyrrole nitrogens is 1. The van der Waals surface area contributed by atoms with E-state index in [9.17, 15) is 32.7 Å². The monoisotopic (exact) mass is 686 g/mol. The summed E-state index contributed by atoms with van der Waals surface area (Å²) in [6, 6.07) is 15.3. The second-order valence-electron chi connectivity index (χ2n) is 10.7. The van der Waals surface area contributed by atoms with Crippen LogP contribution in [0.4, 0.5) is 22.0 Å². The van der Waals surface area contributed by atoms with Crippen LogP contribution in [0.2, 0.25) is 0 Å². The highest BCUT2D eigenvalue weighted by Gasteiger charge is 2.30. The summed E-state index contributed by atoms with van der Waals surface area (Å²) in [5.41, 5.74) is -1.75. The molecule has 3 aromatic heterocycles. The Morgan fingerprint density at radius 1 is 0.979 bits per heavy atom. The summed E-state index contributed by atoms with van der Waals surface area (Å²) in [5.74, 6) is -2.54. The van der Waals surface area contributed by atoms with E-state index in [1.165, 1.54) is 25.3 Å². The second kappa shape index (κ2) is 12.7. The van der Waals surface area contributed by atoms with Gasteiger partial charge >= 0.3 is 17.6 Å². The number of alkyl halides is 3. The van der Waals surface area contributed by atoms with Crippen molar-refractivity contribution in [3.63, 3.8) is 0 Å². The Hall–Kier alpha value is -5.35. The van der Waals surface area contributed by atoms with Crippen molar-refractivity contribution in [1.29, 1.82) is 0 Å². The van der Waals surface area contributed by atoms with Crippen LogP contribution in [0.15, 0.2) is 85.6 Å². The van der Waals surface area contributed by atoms with E-state index in [0.717, 1.165) is 22.8 Å². The smallest absolute Gasteiger partial charge is 0.439 e. The van der Waals surface area contributed by atoms with Crippen LogP contribution in [0.5, 0.6) is 5.75 Å². The molecule has 10 nitrogen and oxygen atoms in total. The first kappa shape index (κ1) is 32.6. The van der Waals surface area contributed by atoms with Gasteiger partial charge in [-0.25, -0.2) is 18.4 Å². The van der Waals surface area contributed by atoms with Crippen LogP contribution >= 0.6 is 11.3 Å². The number of ether oxygens (including phenoxy) is 1. The number of aliphatic hydroxyl groups excluding tert-OH is 1. The third-order valence-electron chi connectivity index (χ3n) is 7.57. The van der Waals surface area contributed by atoms with Crippen molar-refractivity contribution in [2.45, 2.75) is 31.8 Å². The first-order valence-electron chi connectivity index (χ1n) is 14.1. The molecule has 1 unspecified atom stereocenters. The Labute approximate surface area is 269 Å². The van der Waals surface area contributed by atoms with Gasteiger partial charge in [-0.3, -0.25) is 23.4 Å². The fraction of sp³-hybridized carbons (Fsp3) is 0.188. The largest absolute Gasteiger partial charge is 0.497 e. The maximum Gasteiger partial charge on any atom is 0.439 e. The van der Waals surface area contributed by atoms with Crippen LogP contribution in [0, 0.1) is 11.6 Å². The number of aromatic nitrogens is 4. The Morgan fingerprint density at radius 3 is 2.25 bits per heavy atom. The Balaban J connectivity index is 1.45. The lowest BCUT2D eigenvalue weighted by molar-refractivity contribution is -0.126. The van der Waals surface area contributed by atoms with Gasteiger partial charge in [-0.2, -0.15) is 13.2 Å². The summed E-state index contributed by atoms with van der Waals surface area (Å²) in [6.45, 7) is -1.40. The van der Waals surface area contributed by atoms with E-state index in [2.05, 4.69) is 14.7 Å². The lowest BCUT2D eigenvalue weighted by Gasteiger charge is -2.17. The quantitative estimate of drug-likeness (QED) is 0.195. The summed E-state index contributed by atoms with van der Waals surface area (Å²) >= 11 is 0.503. The van der Waals surface area contributed by atoms with E-state index >= 15 is 8.78 Å². The minimum Gasteiger partial charge on any atom is -0.497 e. The van der Waals surface area contributed by atoms with E-state index < -0.39 is 66.0 Å². The van der Waals surface area contributed by atoms with Crippen LogP contribution in [0.3, 0.4) is 0 Å². The second-order valence-corrected chi connectivity index (χ2v) is 11.8. The molecule has 0 radical (unpaired) electrons. The number of nitrogens with one attached hydrogen (secondary N) is 1. The van der Waals surface area contributed by atoms with Gasteiger partial charge in [-0.05, 0) is 47.0 Å². The van der Waals surface area contributed by atoms with E-state index in [0.29, 0.717) is 32.8 Å². The summed E-state index contributed by atoms with van der Waals surface area (Å²) in [7, 11) is 1.44. The third-order valence-corrected chi connectivity index (χ3v) is 8.73. The fourth-order valence-corrected chi connectivity index (χ4v) is 6.46. The molecular formula is C32H23F5N4O6S. The number of rotatable bonds is 9. The zero-order chi connectivity index (χ0) is 34.3. The first-order chi connectivity index (χ1) is 22.8. The highest BCUT2D eigenvalue weighted by molar-refractivity contribution is 7.18. The van der Waals surface area contributed by atoms with Gasteiger partial charge in [-0.1, -0.05) is 41.6 Å². The highest BCUT2D eigenvalue weighted by Crippen LogP contribution is 2.33. The van der Waals surface area contributed by atoms with Crippen molar-refractivity contribution in [1.82, 2.24) is 19.3 Å². The van der Waals surface area contributed by atoms with Crippen molar-refractivity contribution in [2.24, 2.45) is 0 Å². The van der Waals surface area contributed by atoms with Crippen LogP contribution in [0.25, 0.3) is 32.7 Å². The molecule has 0 aliphatic rings. The molecule has 6 aromatic rings. The molecule has 0 fully saturated rings. The molecule has 0 bridgehead atoms. The van der Waals surface area contributed by atoms with Crippen molar-refractivity contribution >= 4 is 21.6 Å². The van der Waals surface area contributed by atoms with Crippen LogP contribution in [0.1, 0.15) is 22.1 Å². The van der Waals surface area contributed by atoms with Crippen LogP contribution in [-0.2, 0) is 19.5 Å². The van der Waals surface area contributed by atoms with Crippen LogP contribution in [-0.4, -0.2) is 37.7 Å². The first-order valence-corrected chi connectivity index (χ1v) is 14.9. The number of methoxy groups -OCH3 is 1. The maximum absolute atomic E-state index is 15.7. The number of halogens is 5. The van der Waals surface area contributed by atoms with Gasteiger partial charge in [0.2, 0.25) is 0 Å². The van der Waals surface area contributed by atoms with Crippen molar-refractivity contribution < 1.29 is 36.3 Å². The van der Waals surface area contributed by atoms with Gasteiger partial charge < -0.3 is 9.84 Å². The van der Waals surface area contributed by atoms with Gasteiger partial charge in [0.25, 0.3) is 5.56 Å². The number of benzene rings is 3. The molecular weight excluding hydrogens is 663 g/mol. The minimum atomic E-state index is -4.64. The molecule has 0 saturated heterocycles. The number of thiophene rings is 1. The Morgan fingerprint density at radius 2 is 1.65 bits per heavy atom. The van der Waals surface area contributed by atoms with Gasteiger partial charge in [0.05, 0.1) is 38.1 Å². The summed E-state index contributed by atoms with van der Waals surface area (Å²) in [4.78, 5) is 40.6. The summed E-state index contributed by atoms with van der Waals surface area (Å²) in [5, 5.41) is 14.2. The average molecular weight is 687 g/mol. The number of hydrogen-bond donors (Lipinski definition) is 2. The van der Waals surface area contributed by atoms with Gasteiger partial charge in [-0.15, -0.1) is 11.3 Å². The molecule has 48 heavy (non-hydrogen) atoms. The van der Waals surface area contributed by atoms with Crippen molar-refractivity contribution in [3.8, 4) is 28.3 Å². The number of aromatic amines is 1. The molecule has 6 rings (SSSR count).